The summed E-state index contributed by atoms with van der Waals surface area (Å²) in [6.45, 7) is 9.82. The van der Waals surface area contributed by atoms with Crippen molar-refractivity contribution in [1.29, 1.82) is 0 Å². The summed E-state index contributed by atoms with van der Waals surface area (Å²) in [5, 5.41) is 4.30. The number of nitrogens with zero attached hydrogens (tertiary/aromatic N) is 3. The average molecular weight is 275 g/mol. The second-order valence-corrected chi connectivity index (χ2v) is 7.95. The summed E-state index contributed by atoms with van der Waals surface area (Å²) in [6, 6.07) is 0.399. The third-order valence-electron chi connectivity index (χ3n) is 4.92. The van der Waals surface area contributed by atoms with Crippen molar-refractivity contribution in [1.82, 2.24) is 14.7 Å². The molecule has 4 nitrogen and oxygen atoms in total. The Balaban J connectivity index is 1.89. The fraction of sp³-hybridized carbons (Fsp3) is 0.750. The van der Waals surface area contributed by atoms with E-state index in [2.05, 4.69) is 30.8 Å². The number of fused-ring (bicyclic) bond motifs is 2. The van der Waals surface area contributed by atoms with E-state index >= 15 is 0 Å². The monoisotopic (exact) mass is 275 g/mol. The maximum atomic E-state index is 12.8. The number of likely N-dealkylation sites (tertiary alicyclic amines) is 1. The maximum Gasteiger partial charge on any atom is 0.257 e. The lowest BCUT2D eigenvalue weighted by Gasteiger charge is -2.39. The van der Waals surface area contributed by atoms with Gasteiger partial charge in [0, 0.05) is 25.8 Å². The van der Waals surface area contributed by atoms with Crippen LogP contribution in [0.25, 0.3) is 0 Å². The predicted octanol–water partition coefficient (Wildman–Crippen LogP) is 2.77. The van der Waals surface area contributed by atoms with Crippen LogP contribution >= 0.6 is 0 Å². The first kappa shape index (κ1) is 13.7. The molecule has 1 aromatic heterocycles. The number of carbonyl (C=O) groups excluding carboxylic acids is 1. The van der Waals surface area contributed by atoms with E-state index in [0.717, 1.165) is 30.6 Å². The second-order valence-electron chi connectivity index (χ2n) is 7.95. The molecule has 4 heteroatoms. The fourth-order valence-electron chi connectivity index (χ4n) is 4.66. The van der Waals surface area contributed by atoms with Crippen LogP contribution < -0.4 is 0 Å². The van der Waals surface area contributed by atoms with Gasteiger partial charge in [-0.1, -0.05) is 20.8 Å². The number of hydrogen-bond donors (Lipinski definition) is 0. The summed E-state index contributed by atoms with van der Waals surface area (Å²) >= 11 is 0. The summed E-state index contributed by atoms with van der Waals surface area (Å²) in [5.74, 6) is 0.169. The van der Waals surface area contributed by atoms with E-state index < -0.39 is 0 Å². The summed E-state index contributed by atoms with van der Waals surface area (Å²) in [6.07, 6.45) is 5.34. The van der Waals surface area contributed by atoms with Crippen molar-refractivity contribution in [2.24, 2.45) is 17.9 Å². The van der Waals surface area contributed by atoms with Crippen molar-refractivity contribution in [3.05, 3.63) is 17.5 Å². The highest BCUT2D eigenvalue weighted by Gasteiger charge is 2.51. The lowest BCUT2D eigenvalue weighted by atomic mass is 9.65. The number of carbonyl (C=O) groups is 1. The molecule has 2 bridgehead atoms. The molecule has 3 rings (SSSR count). The highest BCUT2D eigenvalue weighted by molar-refractivity contribution is 5.95. The minimum atomic E-state index is 0.169. The molecule has 20 heavy (non-hydrogen) atoms. The quantitative estimate of drug-likeness (QED) is 0.790. The molecule has 2 atom stereocenters. The number of hydrogen-bond acceptors (Lipinski definition) is 2. The Bertz CT molecular complexity index is 560. The van der Waals surface area contributed by atoms with Crippen LogP contribution in [0, 0.1) is 17.8 Å². The van der Waals surface area contributed by atoms with Gasteiger partial charge in [-0.05, 0) is 37.0 Å². The van der Waals surface area contributed by atoms with Crippen LogP contribution in [0.1, 0.15) is 56.1 Å². The predicted molar refractivity (Wildman–Crippen MR) is 78.5 cm³/mol. The molecule has 2 fully saturated rings. The molecule has 2 aliphatic rings. The van der Waals surface area contributed by atoms with Gasteiger partial charge in [-0.15, -0.1) is 0 Å². The van der Waals surface area contributed by atoms with E-state index in [4.69, 9.17) is 0 Å². The zero-order valence-electron chi connectivity index (χ0n) is 13.2. The van der Waals surface area contributed by atoms with Gasteiger partial charge in [0.1, 0.15) is 0 Å². The molecule has 2 unspecified atom stereocenters. The Labute approximate surface area is 121 Å². The van der Waals surface area contributed by atoms with Crippen LogP contribution in [-0.2, 0) is 7.05 Å². The van der Waals surface area contributed by atoms with Crippen molar-refractivity contribution in [3.8, 4) is 0 Å². The molecule has 1 amide bonds. The molecule has 110 valence electrons. The number of amides is 1. The largest absolute Gasteiger partial charge is 0.335 e. The van der Waals surface area contributed by atoms with Crippen LogP contribution in [-0.4, -0.2) is 33.2 Å². The van der Waals surface area contributed by atoms with E-state index in [1.54, 1.807) is 4.68 Å². The summed E-state index contributed by atoms with van der Waals surface area (Å²) in [4.78, 5) is 15.0. The molecule has 1 saturated heterocycles. The molecule has 0 spiro atoms. The van der Waals surface area contributed by atoms with Gasteiger partial charge in [0.25, 0.3) is 5.91 Å². The van der Waals surface area contributed by atoms with Gasteiger partial charge in [0.2, 0.25) is 0 Å². The zero-order valence-corrected chi connectivity index (χ0v) is 13.2. The Hall–Kier alpha value is -1.32. The topological polar surface area (TPSA) is 38.1 Å². The van der Waals surface area contributed by atoms with E-state index in [1.165, 1.54) is 6.42 Å². The van der Waals surface area contributed by atoms with Gasteiger partial charge >= 0.3 is 0 Å². The van der Waals surface area contributed by atoms with Crippen LogP contribution in [0.3, 0.4) is 0 Å². The molecule has 0 radical (unpaired) electrons. The number of aryl methyl sites for hydroxylation is 2. The van der Waals surface area contributed by atoms with Gasteiger partial charge in [0.15, 0.2) is 0 Å². The van der Waals surface area contributed by atoms with E-state index in [-0.39, 0.29) is 11.3 Å². The normalized spacial score (nSPS) is 31.6. The van der Waals surface area contributed by atoms with Crippen LogP contribution in [0.5, 0.6) is 0 Å². The van der Waals surface area contributed by atoms with Crippen molar-refractivity contribution in [3.63, 3.8) is 0 Å². The Morgan fingerprint density at radius 3 is 2.65 bits per heavy atom. The van der Waals surface area contributed by atoms with Gasteiger partial charge < -0.3 is 4.90 Å². The number of rotatable bonds is 1. The third kappa shape index (κ3) is 2.15. The van der Waals surface area contributed by atoms with Crippen molar-refractivity contribution in [2.75, 3.05) is 6.54 Å². The number of aromatic nitrogens is 2. The van der Waals surface area contributed by atoms with E-state index in [1.807, 2.05) is 20.2 Å². The first-order valence-electron chi connectivity index (χ1n) is 7.50. The van der Waals surface area contributed by atoms with Crippen molar-refractivity contribution in [2.45, 2.75) is 53.0 Å². The van der Waals surface area contributed by atoms with E-state index in [9.17, 15) is 4.79 Å². The first-order valence-corrected chi connectivity index (χ1v) is 7.50. The molecule has 1 aromatic rings. The lowest BCUT2D eigenvalue weighted by Crippen LogP contribution is -2.37. The second kappa shape index (κ2) is 4.09. The summed E-state index contributed by atoms with van der Waals surface area (Å²) in [5.41, 5.74) is 2.24. The summed E-state index contributed by atoms with van der Waals surface area (Å²) < 4.78 is 1.73. The van der Waals surface area contributed by atoms with Crippen LogP contribution in [0.15, 0.2) is 6.20 Å². The molecule has 2 heterocycles. The minimum absolute atomic E-state index is 0.169. The molecular weight excluding hydrogens is 250 g/mol. The smallest absolute Gasteiger partial charge is 0.257 e. The SMILES string of the molecule is Cc1nn(C)cc1C(=O)N1CC2(C)CC1CC(C)(C)C2. The molecule has 1 saturated carbocycles. The van der Waals surface area contributed by atoms with Gasteiger partial charge in [-0.25, -0.2) is 0 Å². The highest BCUT2D eigenvalue weighted by Crippen LogP contribution is 2.52. The lowest BCUT2D eigenvalue weighted by molar-refractivity contribution is 0.0707. The summed E-state index contributed by atoms with van der Waals surface area (Å²) in [7, 11) is 1.87. The van der Waals surface area contributed by atoms with E-state index in [0.29, 0.717) is 11.5 Å². The Kier molecular flexibility index (Phi) is 2.79. The Morgan fingerprint density at radius 2 is 2.05 bits per heavy atom. The molecule has 0 aromatic carbocycles. The van der Waals surface area contributed by atoms with Gasteiger partial charge in [-0.3, -0.25) is 9.48 Å². The molecule has 0 N–H and O–H groups in total. The molecular formula is C16H25N3O. The van der Waals surface area contributed by atoms with Gasteiger partial charge in [0.05, 0.1) is 11.3 Å². The van der Waals surface area contributed by atoms with Crippen LogP contribution in [0.4, 0.5) is 0 Å². The molecule has 1 aliphatic heterocycles. The molecule has 1 aliphatic carbocycles. The minimum Gasteiger partial charge on any atom is -0.335 e. The van der Waals surface area contributed by atoms with Crippen LogP contribution in [0.2, 0.25) is 0 Å². The van der Waals surface area contributed by atoms with Gasteiger partial charge in [-0.2, -0.15) is 5.10 Å². The zero-order chi connectivity index (χ0) is 14.7. The third-order valence-corrected chi connectivity index (χ3v) is 4.92. The Morgan fingerprint density at radius 1 is 1.35 bits per heavy atom. The first-order chi connectivity index (χ1) is 9.19. The highest BCUT2D eigenvalue weighted by atomic mass is 16.2. The average Bonchev–Trinajstić information content (AvgIpc) is 2.73. The fourth-order valence-corrected chi connectivity index (χ4v) is 4.66. The van der Waals surface area contributed by atoms with Crippen molar-refractivity contribution < 1.29 is 4.79 Å². The standard InChI is InChI=1S/C16H25N3O/c1-11-13(8-18(5)17-11)14(20)19-10-16(4)7-12(19)6-15(2,3)9-16/h8,12H,6-7,9-10H2,1-5H3. The van der Waals surface area contributed by atoms with Crippen molar-refractivity contribution >= 4 is 5.91 Å². The maximum absolute atomic E-state index is 12.8.